The zero-order valence-corrected chi connectivity index (χ0v) is 24.0. The highest BCUT2D eigenvalue weighted by molar-refractivity contribution is 6.36. The summed E-state index contributed by atoms with van der Waals surface area (Å²) < 4.78 is 0. The van der Waals surface area contributed by atoms with Crippen molar-refractivity contribution in [2.75, 3.05) is 29.9 Å². The molecular weight excluding hydrogens is 540 g/mol. The number of imide groups is 1. The van der Waals surface area contributed by atoms with Gasteiger partial charge in [0.1, 0.15) is 0 Å². The maximum atomic E-state index is 13.7. The number of nitrogens with zero attached hydrogens (tertiary/aromatic N) is 2. The van der Waals surface area contributed by atoms with Crippen LogP contribution < -0.4 is 27.0 Å². The highest BCUT2D eigenvalue weighted by Gasteiger charge is 2.34. The molecule has 9 heteroatoms. The average Bonchev–Trinajstić information content (AvgIpc) is 3.01. The van der Waals surface area contributed by atoms with Crippen LogP contribution in [-0.4, -0.2) is 43.3 Å². The van der Waals surface area contributed by atoms with Crippen LogP contribution in [0.15, 0.2) is 89.9 Å². The van der Waals surface area contributed by atoms with Crippen molar-refractivity contribution in [3.63, 3.8) is 0 Å². The van der Waals surface area contributed by atoms with E-state index in [1.165, 1.54) is 10.5 Å². The first-order valence-corrected chi connectivity index (χ1v) is 14.6. The van der Waals surface area contributed by atoms with Gasteiger partial charge < -0.3 is 22.1 Å². The number of anilines is 2. The molecule has 0 fully saturated rings. The number of carbonyl (C=O) groups excluding carboxylic acids is 3. The van der Waals surface area contributed by atoms with Crippen LogP contribution in [0.5, 0.6) is 0 Å². The van der Waals surface area contributed by atoms with E-state index in [1.54, 1.807) is 18.2 Å². The number of amides is 3. The van der Waals surface area contributed by atoms with E-state index in [-0.39, 0.29) is 23.7 Å². The first-order chi connectivity index (χ1) is 20.9. The van der Waals surface area contributed by atoms with Crippen LogP contribution in [0.4, 0.5) is 11.4 Å². The van der Waals surface area contributed by atoms with Crippen molar-refractivity contribution in [3.8, 4) is 0 Å². The lowest BCUT2D eigenvalue weighted by Crippen LogP contribution is -2.40. The maximum absolute atomic E-state index is 13.7. The molecule has 9 nitrogen and oxygen atoms in total. The summed E-state index contributed by atoms with van der Waals surface area (Å²) in [4.78, 5) is 45.0. The molecule has 0 saturated heterocycles. The average molecular weight is 577 g/mol. The number of nitrogens with two attached hydrogens (primary N) is 2. The van der Waals surface area contributed by atoms with Crippen LogP contribution in [0, 0.1) is 0 Å². The molecule has 0 unspecified atom stereocenters. The van der Waals surface area contributed by atoms with Crippen LogP contribution in [-0.2, 0) is 17.6 Å². The summed E-state index contributed by atoms with van der Waals surface area (Å²) in [6.45, 7) is 1.52. The van der Waals surface area contributed by atoms with Crippen LogP contribution in [0.1, 0.15) is 51.1 Å². The quantitative estimate of drug-likeness (QED) is 0.0804. The summed E-state index contributed by atoms with van der Waals surface area (Å²) in [5.74, 6) is -0.761. The fourth-order valence-electron chi connectivity index (χ4n) is 5.38. The van der Waals surface area contributed by atoms with Crippen molar-refractivity contribution in [3.05, 3.63) is 107 Å². The fourth-order valence-corrected chi connectivity index (χ4v) is 5.38. The van der Waals surface area contributed by atoms with Gasteiger partial charge in [0, 0.05) is 47.1 Å². The van der Waals surface area contributed by atoms with E-state index in [0.29, 0.717) is 54.7 Å². The first kappa shape index (κ1) is 29.3. The second kappa shape index (κ2) is 13.7. The Morgan fingerprint density at radius 3 is 2.30 bits per heavy atom. The Morgan fingerprint density at radius 2 is 1.51 bits per heavy atom. The van der Waals surface area contributed by atoms with Gasteiger partial charge in [-0.1, -0.05) is 54.6 Å². The fraction of sp³-hybridized carbons (Fsp3) is 0.235. The lowest BCUT2D eigenvalue weighted by molar-refractivity contribution is -0.121. The number of hydrogen-bond acceptors (Lipinski definition) is 5. The first-order valence-electron chi connectivity index (χ1n) is 14.6. The maximum Gasteiger partial charge on any atom is 0.265 e. The minimum atomic E-state index is -0.383. The van der Waals surface area contributed by atoms with Crippen LogP contribution in [0.2, 0.25) is 0 Å². The Labute approximate surface area is 251 Å². The summed E-state index contributed by atoms with van der Waals surface area (Å²) in [7, 11) is 0. The molecular formula is C34H36N6O3. The number of hydrogen-bond donors (Lipinski definition) is 4. The molecule has 220 valence electrons. The van der Waals surface area contributed by atoms with Crippen LogP contribution >= 0.6 is 0 Å². The third-order valence-corrected chi connectivity index (χ3v) is 7.50. The largest absolute Gasteiger partial charge is 0.383 e. The monoisotopic (exact) mass is 576 g/mol. The molecule has 0 atom stereocenters. The van der Waals surface area contributed by atoms with Gasteiger partial charge in [0.05, 0.1) is 12.2 Å². The Morgan fingerprint density at radius 1 is 0.767 bits per heavy atom. The SMILES string of the molecule is NC(N)=NCCNc1ccc2c3c(cccc13)C(=O)N(c1cccc(CCC(=O)NCCCCc3ccccc3)c1)C2=O. The highest BCUT2D eigenvalue weighted by atomic mass is 16.2. The molecule has 3 amide bonds. The molecule has 1 heterocycles. The number of aliphatic imine (C=N–C) groups is 1. The molecule has 0 spiro atoms. The van der Waals surface area contributed by atoms with Crippen molar-refractivity contribution in [2.24, 2.45) is 16.5 Å². The predicted molar refractivity (Wildman–Crippen MR) is 171 cm³/mol. The third kappa shape index (κ3) is 7.01. The van der Waals surface area contributed by atoms with Gasteiger partial charge in [0.2, 0.25) is 5.91 Å². The number of guanidine groups is 1. The normalized spacial score (nSPS) is 12.3. The van der Waals surface area contributed by atoms with Crippen molar-refractivity contribution >= 4 is 45.8 Å². The van der Waals surface area contributed by atoms with E-state index < -0.39 is 0 Å². The second-order valence-electron chi connectivity index (χ2n) is 10.5. The van der Waals surface area contributed by atoms with Crippen LogP contribution in [0.3, 0.4) is 0 Å². The molecule has 0 aromatic heterocycles. The smallest absolute Gasteiger partial charge is 0.265 e. The minimum Gasteiger partial charge on any atom is -0.383 e. The summed E-state index contributed by atoms with van der Waals surface area (Å²) >= 11 is 0. The molecule has 5 rings (SSSR count). The van der Waals surface area contributed by atoms with E-state index in [4.69, 9.17) is 11.5 Å². The van der Waals surface area contributed by atoms with Gasteiger partial charge in [-0.15, -0.1) is 0 Å². The molecule has 4 aromatic rings. The molecule has 0 saturated carbocycles. The van der Waals surface area contributed by atoms with Gasteiger partial charge in [0.25, 0.3) is 11.8 Å². The molecule has 0 bridgehead atoms. The van der Waals surface area contributed by atoms with E-state index in [1.807, 2.05) is 54.6 Å². The number of aryl methyl sites for hydroxylation is 2. The highest BCUT2D eigenvalue weighted by Crippen LogP contribution is 2.36. The van der Waals surface area contributed by atoms with Gasteiger partial charge in [-0.2, -0.15) is 0 Å². The summed E-state index contributed by atoms with van der Waals surface area (Å²) in [6.07, 6.45) is 3.75. The predicted octanol–water partition coefficient (Wildman–Crippen LogP) is 4.40. The van der Waals surface area contributed by atoms with Crippen molar-refractivity contribution in [2.45, 2.75) is 32.1 Å². The number of rotatable bonds is 13. The van der Waals surface area contributed by atoms with Gasteiger partial charge in [-0.3, -0.25) is 19.4 Å². The van der Waals surface area contributed by atoms with Crippen molar-refractivity contribution in [1.29, 1.82) is 0 Å². The summed E-state index contributed by atoms with van der Waals surface area (Å²) in [5, 5.41) is 7.69. The molecule has 1 aliphatic heterocycles. The Balaban J connectivity index is 1.21. The van der Waals surface area contributed by atoms with E-state index in [2.05, 4.69) is 27.8 Å². The third-order valence-electron chi connectivity index (χ3n) is 7.50. The zero-order valence-electron chi connectivity index (χ0n) is 24.0. The number of unbranched alkanes of at least 4 members (excludes halogenated alkanes) is 1. The van der Waals surface area contributed by atoms with Gasteiger partial charge in [-0.25, -0.2) is 4.90 Å². The Kier molecular flexibility index (Phi) is 9.31. The van der Waals surface area contributed by atoms with Gasteiger partial charge in [0.15, 0.2) is 5.96 Å². The van der Waals surface area contributed by atoms with Gasteiger partial charge in [-0.05, 0) is 67.1 Å². The van der Waals surface area contributed by atoms with E-state index in [0.717, 1.165) is 35.9 Å². The molecule has 4 aromatic carbocycles. The Bertz CT molecular complexity index is 1640. The Hall–Kier alpha value is -5.18. The lowest BCUT2D eigenvalue weighted by Gasteiger charge is -2.28. The molecule has 1 aliphatic rings. The van der Waals surface area contributed by atoms with E-state index >= 15 is 0 Å². The minimum absolute atomic E-state index is 0.0152. The number of nitrogens with one attached hydrogen (secondary N) is 2. The molecule has 6 N–H and O–H groups in total. The second-order valence-corrected chi connectivity index (χ2v) is 10.5. The number of benzene rings is 4. The number of carbonyl (C=O) groups is 3. The standard InChI is InChI=1S/C34H36N6O3/c35-34(36)39-21-20-37-29-17-16-28-31-26(29)13-7-14-27(31)32(42)40(33(28)43)25-12-6-11-24(22-25)15-18-30(41)38-19-5-4-10-23-8-2-1-3-9-23/h1-3,6-9,11-14,16-17,22,37H,4-5,10,15,18-21H2,(H,38,41)(H4,35,36,39). The van der Waals surface area contributed by atoms with Gasteiger partial charge >= 0.3 is 0 Å². The lowest BCUT2D eigenvalue weighted by atomic mass is 9.92. The summed E-state index contributed by atoms with van der Waals surface area (Å²) in [5.41, 5.74) is 15.2. The zero-order chi connectivity index (χ0) is 30.2. The molecule has 0 aliphatic carbocycles. The molecule has 43 heavy (non-hydrogen) atoms. The van der Waals surface area contributed by atoms with Crippen LogP contribution in [0.25, 0.3) is 10.8 Å². The summed E-state index contributed by atoms with van der Waals surface area (Å²) in [6, 6.07) is 26.6. The topological polar surface area (TPSA) is 143 Å². The van der Waals surface area contributed by atoms with Crippen molar-refractivity contribution < 1.29 is 14.4 Å². The molecule has 0 radical (unpaired) electrons. The van der Waals surface area contributed by atoms with E-state index in [9.17, 15) is 14.4 Å². The van der Waals surface area contributed by atoms with Crippen molar-refractivity contribution in [1.82, 2.24) is 5.32 Å².